The molecule has 0 saturated carbocycles. The number of nitrogens with one attached hydrogen (secondary N) is 1. The third-order valence-corrected chi connectivity index (χ3v) is 5.20. The van der Waals surface area contributed by atoms with E-state index < -0.39 is 5.82 Å². The van der Waals surface area contributed by atoms with E-state index in [4.69, 9.17) is 16.3 Å². The molecule has 1 aliphatic rings. The van der Waals surface area contributed by atoms with E-state index in [-0.39, 0.29) is 22.9 Å². The number of halogens is 2. The molecule has 0 atom stereocenters. The highest BCUT2D eigenvalue weighted by atomic mass is 35.5. The van der Waals surface area contributed by atoms with E-state index in [0.717, 1.165) is 30.2 Å². The summed E-state index contributed by atoms with van der Waals surface area (Å²) >= 11 is 5.98. The van der Waals surface area contributed by atoms with Gasteiger partial charge in [0.1, 0.15) is 5.82 Å². The second kappa shape index (κ2) is 9.19. The van der Waals surface area contributed by atoms with E-state index >= 15 is 0 Å². The molecule has 1 saturated heterocycles. The largest absolute Gasteiger partial charge is 0.378 e. The van der Waals surface area contributed by atoms with Crippen LogP contribution < -0.4 is 10.2 Å². The molecule has 3 aromatic rings. The number of ether oxygens (including phenoxy) is 1. The van der Waals surface area contributed by atoms with Gasteiger partial charge in [0.25, 0.3) is 0 Å². The molecule has 2 heterocycles. The zero-order chi connectivity index (χ0) is 20.9. The van der Waals surface area contributed by atoms with E-state index in [2.05, 4.69) is 20.4 Å². The number of hydrogen-bond donors (Lipinski definition) is 1. The fourth-order valence-corrected chi connectivity index (χ4v) is 3.46. The summed E-state index contributed by atoms with van der Waals surface area (Å²) in [6.45, 7) is 3.00. The number of benzene rings is 2. The number of hydrogen-bond acceptors (Lipinski definition) is 5. The number of morpholine rings is 1. The monoisotopic (exact) mass is 426 g/mol. The van der Waals surface area contributed by atoms with Gasteiger partial charge in [-0.05, 0) is 36.4 Å². The van der Waals surface area contributed by atoms with Crippen molar-refractivity contribution in [1.29, 1.82) is 0 Å². The van der Waals surface area contributed by atoms with Crippen molar-refractivity contribution in [2.45, 2.75) is 6.42 Å². The molecule has 6 nitrogen and oxygen atoms in total. The summed E-state index contributed by atoms with van der Waals surface area (Å²) in [5, 5.41) is 11.6. The van der Waals surface area contributed by atoms with Gasteiger partial charge in [0.15, 0.2) is 5.82 Å². The summed E-state index contributed by atoms with van der Waals surface area (Å²) < 4.78 is 19.2. The van der Waals surface area contributed by atoms with Crippen molar-refractivity contribution in [3.63, 3.8) is 0 Å². The molecule has 1 aliphatic heterocycles. The van der Waals surface area contributed by atoms with Crippen molar-refractivity contribution >= 4 is 29.0 Å². The summed E-state index contributed by atoms with van der Waals surface area (Å²) in [4.78, 5) is 14.4. The SMILES string of the molecule is O=C(Cc1c(F)cccc1Cl)Nc1ccc(-c2ccc(N3CCOCC3)nn2)cc1. The number of aromatic nitrogens is 2. The molecular weight excluding hydrogens is 407 g/mol. The van der Waals surface area contributed by atoms with E-state index in [1.807, 2.05) is 24.3 Å². The Morgan fingerprint density at radius 3 is 2.50 bits per heavy atom. The van der Waals surface area contributed by atoms with E-state index in [0.29, 0.717) is 18.9 Å². The Labute approximate surface area is 178 Å². The van der Waals surface area contributed by atoms with Gasteiger partial charge in [-0.2, -0.15) is 0 Å². The maximum atomic E-state index is 13.9. The van der Waals surface area contributed by atoms with Crippen molar-refractivity contribution in [3.05, 3.63) is 71.0 Å². The lowest BCUT2D eigenvalue weighted by molar-refractivity contribution is -0.115. The van der Waals surface area contributed by atoms with Crippen LogP contribution in [0.2, 0.25) is 5.02 Å². The lowest BCUT2D eigenvalue weighted by atomic mass is 10.1. The van der Waals surface area contributed by atoms with Gasteiger partial charge in [0.05, 0.1) is 25.3 Å². The summed E-state index contributed by atoms with van der Waals surface area (Å²) in [5.41, 5.74) is 2.41. The standard InChI is InChI=1S/C22H20ClFN4O2/c23-18-2-1-3-19(24)17(18)14-22(29)25-16-6-4-15(5-7-16)20-8-9-21(27-26-20)28-10-12-30-13-11-28/h1-9H,10-14H2,(H,25,29). The van der Waals surface area contributed by atoms with Crippen LogP contribution in [0.25, 0.3) is 11.3 Å². The van der Waals surface area contributed by atoms with Crippen LogP contribution in [-0.4, -0.2) is 42.4 Å². The van der Waals surface area contributed by atoms with Gasteiger partial charge in [-0.3, -0.25) is 4.79 Å². The zero-order valence-electron chi connectivity index (χ0n) is 16.1. The average molecular weight is 427 g/mol. The Bertz CT molecular complexity index is 1000. The second-order valence-electron chi connectivity index (χ2n) is 6.88. The van der Waals surface area contributed by atoms with Gasteiger partial charge in [0, 0.05) is 34.9 Å². The van der Waals surface area contributed by atoms with Gasteiger partial charge in [-0.1, -0.05) is 29.8 Å². The van der Waals surface area contributed by atoms with Gasteiger partial charge >= 0.3 is 0 Å². The Morgan fingerprint density at radius 2 is 1.83 bits per heavy atom. The lowest BCUT2D eigenvalue weighted by Crippen LogP contribution is -2.36. The van der Waals surface area contributed by atoms with Crippen LogP contribution in [0.5, 0.6) is 0 Å². The quantitative estimate of drug-likeness (QED) is 0.669. The first-order valence-electron chi connectivity index (χ1n) is 9.60. The minimum absolute atomic E-state index is 0.137. The van der Waals surface area contributed by atoms with Crippen LogP contribution in [0.15, 0.2) is 54.6 Å². The third-order valence-electron chi connectivity index (χ3n) is 4.85. The van der Waals surface area contributed by atoms with Gasteiger partial charge in [-0.25, -0.2) is 4.39 Å². The topological polar surface area (TPSA) is 67.4 Å². The van der Waals surface area contributed by atoms with Crippen molar-refractivity contribution in [2.75, 3.05) is 36.5 Å². The van der Waals surface area contributed by atoms with Crippen LogP contribution in [-0.2, 0) is 16.0 Å². The Hall–Kier alpha value is -3.03. The molecule has 1 N–H and O–H groups in total. The Balaban J connectivity index is 1.39. The van der Waals surface area contributed by atoms with E-state index in [1.54, 1.807) is 18.2 Å². The van der Waals surface area contributed by atoms with Crippen LogP contribution in [0, 0.1) is 5.82 Å². The molecule has 154 valence electrons. The molecule has 1 aromatic heterocycles. The molecule has 0 radical (unpaired) electrons. The highest BCUT2D eigenvalue weighted by Crippen LogP contribution is 2.23. The van der Waals surface area contributed by atoms with Crippen molar-refractivity contribution in [1.82, 2.24) is 10.2 Å². The number of anilines is 2. The predicted octanol–water partition coefficient (Wildman–Crippen LogP) is 3.95. The molecular formula is C22H20ClFN4O2. The zero-order valence-corrected chi connectivity index (χ0v) is 16.9. The second-order valence-corrected chi connectivity index (χ2v) is 7.29. The first-order chi connectivity index (χ1) is 14.6. The molecule has 0 unspecified atom stereocenters. The molecule has 8 heteroatoms. The fraction of sp³-hybridized carbons (Fsp3) is 0.227. The molecule has 0 aliphatic carbocycles. The maximum Gasteiger partial charge on any atom is 0.228 e. The Morgan fingerprint density at radius 1 is 1.07 bits per heavy atom. The van der Waals surface area contributed by atoms with Crippen LogP contribution in [0.1, 0.15) is 5.56 Å². The van der Waals surface area contributed by atoms with Gasteiger partial charge < -0.3 is 15.0 Å². The number of carbonyl (C=O) groups excluding carboxylic acids is 1. The minimum atomic E-state index is -0.493. The smallest absolute Gasteiger partial charge is 0.228 e. The Kier molecular flexibility index (Phi) is 6.21. The third kappa shape index (κ3) is 4.75. The van der Waals surface area contributed by atoms with E-state index in [1.165, 1.54) is 12.1 Å². The summed E-state index contributed by atoms with van der Waals surface area (Å²) in [5.74, 6) is -0.00533. The molecule has 0 spiro atoms. The summed E-state index contributed by atoms with van der Waals surface area (Å²) in [7, 11) is 0. The number of nitrogens with zero attached hydrogens (tertiary/aromatic N) is 3. The lowest BCUT2D eigenvalue weighted by Gasteiger charge is -2.27. The number of amides is 1. The molecule has 1 amide bonds. The van der Waals surface area contributed by atoms with Crippen molar-refractivity contribution in [3.8, 4) is 11.3 Å². The highest BCUT2D eigenvalue weighted by Gasteiger charge is 2.14. The van der Waals surface area contributed by atoms with Crippen LogP contribution in [0.4, 0.5) is 15.9 Å². The number of carbonyl (C=O) groups is 1. The van der Waals surface area contributed by atoms with Gasteiger partial charge in [0.2, 0.25) is 5.91 Å². The van der Waals surface area contributed by atoms with Crippen molar-refractivity contribution < 1.29 is 13.9 Å². The first-order valence-corrected chi connectivity index (χ1v) is 9.97. The fourth-order valence-electron chi connectivity index (χ4n) is 3.23. The predicted molar refractivity (Wildman–Crippen MR) is 114 cm³/mol. The average Bonchev–Trinajstić information content (AvgIpc) is 2.78. The molecule has 1 fully saturated rings. The normalized spacial score (nSPS) is 13.9. The maximum absolute atomic E-state index is 13.9. The van der Waals surface area contributed by atoms with Gasteiger partial charge in [-0.15, -0.1) is 10.2 Å². The molecule has 30 heavy (non-hydrogen) atoms. The highest BCUT2D eigenvalue weighted by molar-refractivity contribution is 6.31. The molecule has 0 bridgehead atoms. The summed E-state index contributed by atoms with van der Waals surface area (Å²) in [6.07, 6.45) is -0.137. The van der Waals surface area contributed by atoms with Crippen LogP contribution >= 0.6 is 11.6 Å². The summed E-state index contributed by atoms with van der Waals surface area (Å²) in [6, 6.07) is 15.5. The van der Waals surface area contributed by atoms with Crippen molar-refractivity contribution in [2.24, 2.45) is 0 Å². The first kappa shape index (κ1) is 20.3. The van der Waals surface area contributed by atoms with Crippen LogP contribution in [0.3, 0.4) is 0 Å². The molecule has 4 rings (SSSR count). The number of rotatable bonds is 5. The molecule has 2 aromatic carbocycles. The van der Waals surface area contributed by atoms with E-state index in [9.17, 15) is 9.18 Å². The minimum Gasteiger partial charge on any atom is -0.378 e.